The highest BCUT2D eigenvalue weighted by Gasteiger charge is 2.31. The average molecular weight is 291 g/mol. The summed E-state index contributed by atoms with van der Waals surface area (Å²) in [4.78, 5) is 0. The van der Waals surface area contributed by atoms with Crippen molar-refractivity contribution in [2.24, 2.45) is 0 Å². The highest BCUT2D eigenvalue weighted by atomic mass is 19.4. The van der Waals surface area contributed by atoms with Gasteiger partial charge < -0.3 is 4.74 Å². The van der Waals surface area contributed by atoms with E-state index in [9.17, 15) is 13.2 Å². The Hall–Kier alpha value is -2.51. The second-order valence-corrected chi connectivity index (χ2v) is 4.53. The molecule has 0 aliphatic rings. The van der Waals surface area contributed by atoms with Gasteiger partial charge in [-0.15, -0.1) is 23.4 Å². The fraction of sp³-hybridized carbons (Fsp3) is 0.0769. The highest BCUT2D eigenvalue weighted by Crippen LogP contribution is 2.27. The standard InChI is InChI=1S/C13H9BF3N3O/c14-9-4-5-11-18-19-12(20(11)7-9)8-2-1-3-10(6-8)21-13(15,16)17/h1-7H,14H2. The normalized spacial score (nSPS) is 11.8. The molecule has 0 saturated heterocycles. The van der Waals surface area contributed by atoms with E-state index in [4.69, 9.17) is 0 Å². The molecule has 0 unspecified atom stereocenters. The number of benzene rings is 1. The average Bonchev–Trinajstić information content (AvgIpc) is 2.80. The van der Waals surface area contributed by atoms with Gasteiger partial charge in [0.05, 0.1) is 0 Å². The maximum Gasteiger partial charge on any atom is 0.573 e. The van der Waals surface area contributed by atoms with Gasteiger partial charge >= 0.3 is 6.36 Å². The summed E-state index contributed by atoms with van der Waals surface area (Å²) in [6, 6.07) is 9.34. The van der Waals surface area contributed by atoms with E-state index in [0.29, 0.717) is 17.0 Å². The molecular weight excluding hydrogens is 282 g/mol. The third-order valence-corrected chi connectivity index (χ3v) is 2.88. The molecular formula is C13H9BF3N3O. The number of halogens is 3. The van der Waals surface area contributed by atoms with E-state index in [1.54, 1.807) is 16.5 Å². The van der Waals surface area contributed by atoms with Gasteiger partial charge in [-0.3, -0.25) is 4.40 Å². The minimum atomic E-state index is -4.72. The molecule has 0 atom stereocenters. The first-order valence-electron chi connectivity index (χ1n) is 6.10. The lowest BCUT2D eigenvalue weighted by Gasteiger charge is -2.09. The molecule has 0 N–H and O–H groups in total. The molecule has 106 valence electrons. The number of hydrogen-bond acceptors (Lipinski definition) is 3. The van der Waals surface area contributed by atoms with Gasteiger partial charge in [-0.2, -0.15) is 0 Å². The Balaban J connectivity index is 2.06. The zero-order valence-corrected chi connectivity index (χ0v) is 10.9. The molecule has 0 aliphatic carbocycles. The molecule has 3 rings (SSSR count). The van der Waals surface area contributed by atoms with E-state index >= 15 is 0 Å². The lowest BCUT2D eigenvalue weighted by molar-refractivity contribution is -0.274. The van der Waals surface area contributed by atoms with Gasteiger partial charge in [-0.1, -0.05) is 23.7 Å². The van der Waals surface area contributed by atoms with Crippen molar-refractivity contribution in [3.8, 4) is 17.1 Å². The maximum absolute atomic E-state index is 12.3. The number of rotatable bonds is 2. The Morgan fingerprint density at radius 2 is 1.90 bits per heavy atom. The molecule has 3 aromatic rings. The van der Waals surface area contributed by atoms with Crippen LogP contribution in [0.15, 0.2) is 42.6 Å². The number of ether oxygens (including phenoxy) is 1. The summed E-state index contributed by atoms with van der Waals surface area (Å²) in [6.45, 7) is 0. The number of pyridine rings is 1. The van der Waals surface area contributed by atoms with E-state index < -0.39 is 6.36 Å². The molecule has 2 heterocycles. The molecule has 0 radical (unpaired) electrons. The topological polar surface area (TPSA) is 39.4 Å². The van der Waals surface area contributed by atoms with Crippen molar-refractivity contribution >= 4 is 19.0 Å². The summed E-state index contributed by atoms with van der Waals surface area (Å²) < 4.78 is 42.4. The van der Waals surface area contributed by atoms with Gasteiger partial charge in [0.2, 0.25) is 0 Å². The number of hydrogen-bond donors (Lipinski definition) is 0. The van der Waals surface area contributed by atoms with Crippen LogP contribution < -0.4 is 10.2 Å². The summed E-state index contributed by atoms with van der Waals surface area (Å²) in [6.07, 6.45) is -2.90. The Morgan fingerprint density at radius 1 is 1.10 bits per heavy atom. The van der Waals surface area contributed by atoms with Crippen LogP contribution in [0.1, 0.15) is 0 Å². The number of nitrogens with zero attached hydrogens (tertiary/aromatic N) is 3. The molecule has 2 aromatic heterocycles. The second kappa shape index (κ2) is 4.80. The van der Waals surface area contributed by atoms with Crippen molar-refractivity contribution in [1.29, 1.82) is 0 Å². The van der Waals surface area contributed by atoms with Gasteiger partial charge in [0, 0.05) is 11.8 Å². The Kier molecular flexibility index (Phi) is 3.08. The molecule has 0 spiro atoms. The number of aromatic nitrogens is 3. The quantitative estimate of drug-likeness (QED) is 0.673. The summed E-state index contributed by atoms with van der Waals surface area (Å²) in [5.74, 6) is 0.172. The summed E-state index contributed by atoms with van der Waals surface area (Å²) in [5.41, 5.74) is 2.11. The van der Waals surface area contributed by atoms with Crippen LogP contribution in [0.2, 0.25) is 0 Å². The van der Waals surface area contributed by atoms with Crippen LogP contribution in [0, 0.1) is 0 Å². The first kappa shape index (κ1) is 13.5. The van der Waals surface area contributed by atoms with Crippen LogP contribution in [0.3, 0.4) is 0 Å². The SMILES string of the molecule is Bc1ccc2nnc(-c3cccc(OC(F)(F)F)c3)n2c1. The van der Waals surface area contributed by atoms with Crippen molar-refractivity contribution in [1.82, 2.24) is 14.6 Å². The van der Waals surface area contributed by atoms with Crippen molar-refractivity contribution in [2.45, 2.75) is 6.36 Å². The minimum Gasteiger partial charge on any atom is -0.406 e. The second-order valence-electron chi connectivity index (χ2n) is 4.53. The van der Waals surface area contributed by atoms with Gasteiger partial charge in [0.1, 0.15) is 13.6 Å². The first-order chi connectivity index (χ1) is 9.92. The predicted octanol–water partition coefficient (Wildman–Crippen LogP) is 1.55. The van der Waals surface area contributed by atoms with E-state index in [0.717, 1.165) is 5.46 Å². The minimum absolute atomic E-state index is 0.288. The maximum atomic E-state index is 12.3. The van der Waals surface area contributed by atoms with Crippen LogP contribution in [-0.4, -0.2) is 28.8 Å². The predicted molar refractivity (Wildman–Crippen MR) is 73.3 cm³/mol. The molecule has 1 aromatic carbocycles. The monoisotopic (exact) mass is 291 g/mol. The molecule has 0 bridgehead atoms. The number of alkyl halides is 3. The molecule has 0 amide bonds. The van der Waals surface area contributed by atoms with Gasteiger partial charge in [0.15, 0.2) is 11.5 Å². The third-order valence-electron chi connectivity index (χ3n) is 2.88. The van der Waals surface area contributed by atoms with E-state index in [1.165, 1.54) is 18.2 Å². The summed E-state index contributed by atoms with van der Waals surface area (Å²) in [7, 11) is 1.91. The highest BCUT2D eigenvalue weighted by molar-refractivity contribution is 6.32. The van der Waals surface area contributed by atoms with E-state index in [1.807, 2.05) is 20.1 Å². The molecule has 4 nitrogen and oxygen atoms in total. The Morgan fingerprint density at radius 3 is 2.67 bits per heavy atom. The zero-order valence-electron chi connectivity index (χ0n) is 10.9. The van der Waals surface area contributed by atoms with Crippen molar-refractivity contribution < 1.29 is 17.9 Å². The molecule has 0 fully saturated rings. The Labute approximate surface area is 118 Å². The fourth-order valence-corrected chi connectivity index (χ4v) is 2.03. The van der Waals surface area contributed by atoms with E-state index in [2.05, 4.69) is 14.9 Å². The lowest BCUT2D eigenvalue weighted by Crippen LogP contribution is -2.17. The smallest absolute Gasteiger partial charge is 0.406 e. The first-order valence-corrected chi connectivity index (χ1v) is 6.10. The molecule has 21 heavy (non-hydrogen) atoms. The van der Waals surface area contributed by atoms with Crippen molar-refractivity contribution in [3.63, 3.8) is 0 Å². The largest absolute Gasteiger partial charge is 0.573 e. The fourth-order valence-electron chi connectivity index (χ4n) is 2.03. The van der Waals surface area contributed by atoms with Crippen LogP contribution in [0.5, 0.6) is 5.75 Å². The van der Waals surface area contributed by atoms with Crippen molar-refractivity contribution in [3.05, 3.63) is 42.6 Å². The van der Waals surface area contributed by atoms with E-state index in [-0.39, 0.29) is 5.75 Å². The van der Waals surface area contributed by atoms with Gasteiger partial charge in [-0.25, -0.2) is 0 Å². The third kappa shape index (κ3) is 2.83. The van der Waals surface area contributed by atoms with Crippen LogP contribution in [0.25, 0.3) is 17.0 Å². The van der Waals surface area contributed by atoms with Crippen LogP contribution >= 0.6 is 0 Å². The van der Waals surface area contributed by atoms with Gasteiger partial charge in [-0.05, 0) is 18.2 Å². The lowest BCUT2D eigenvalue weighted by atomic mass is 9.99. The molecule has 0 aliphatic heterocycles. The summed E-state index contributed by atoms with van der Waals surface area (Å²) in [5, 5.41) is 8.01. The zero-order chi connectivity index (χ0) is 15.0. The molecule has 8 heteroatoms. The van der Waals surface area contributed by atoms with Crippen LogP contribution in [0.4, 0.5) is 13.2 Å². The number of fused-ring (bicyclic) bond motifs is 1. The summed E-state index contributed by atoms with van der Waals surface area (Å²) >= 11 is 0. The van der Waals surface area contributed by atoms with Crippen molar-refractivity contribution in [2.75, 3.05) is 0 Å². The van der Waals surface area contributed by atoms with Crippen LogP contribution in [-0.2, 0) is 0 Å². The Bertz CT molecular complexity index is 801. The van der Waals surface area contributed by atoms with Gasteiger partial charge in [0.25, 0.3) is 0 Å². The molecule has 0 saturated carbocycles.